The van der Waals surface area contributed by atoms with E-state index in [0.717, 1.165) is 0 Å². The van der Waals surface area contributed by atoms with E-state index >= 15 is 0 Å². The SMILES string of the molecule is [2H]C(CC(=O)CC)CC(=O)c1ccccc1. The van der Waals surface area contributed by atoms with E-state index in [1.54, 1.807) is 31.2 Å². The fourth-order valence-electron chi connectivity index (χ4n) is 1.25. The van der Waals surface area contributed by atoms with Crippen molar-refractivity contribution in [3.8, 4) is 0 Å². The van der Waals surface area contributed by atoms with Gasteiger partial charge >= 0.3 is 0 Å². The molecule has 0 amide bonds. The third-order valence-electron chi connectivity index (χ3n) is 2.19. The summed E-state index contributed by atoms with van der Waals surface area (Å²) in [6.45, 7) is 1.77. The Balaban J connectivity index is 2.49. The van der Waals surface area contributed by atoms with Crippen molar-refractivity contribution in [3.63, 3.8) is 0 Å². The first kappa shape index (κ1) is 10.1. The summed E-state index contributed by atoms with van der Waals surface area (Å²) in [5.74, 6) is -0.0228. The van der Waals surface area contributed by atoms with Gasteiger partial charge in [-0.2, -0.15) is 0 Å². The largest absolute Gasteiger partial charge is 0.300 e. The molecule has 1 rings (SSSR count). The number of ketones is 2. The summed E-state index contributed by atoms with van der Waals surface area (Å²) in [4.78, 5) is 22.8. The molecule has 0 aliphatic carbocycles. The minimum absolute atomic E-state index is 0.0425. The molecule has 0 bridgehead atoms. The van der Waals surface area contributed by atoms with Gasteiger partial charge in [0.2, 0.25) is 0 Å². The van der Waals surface area contributed by atoms with Crippen LogP contribution in [-0.2, 0) is 4.79 Å². The number of hydrogen-bond donors (Lipinski definition) is 0. The van der Waals surface area contributed by atoms with Crippen molar-refractivity contribution < 1.29 is 11.0 Å². The molecule has 0 aromatic heterocycles. The Hall–Kier alpha value is -1.44. The van der Waals surface area contributed by atoms with Crippen molar-refractivity contribution in [2.75, 3.05) is 0 Å². The zero-order chi connectivity index (χ0) is 12.0. The van der Waals surface area contributed by atoms with Crippen LogP contribution in [0, 0.1) is 0 Å². The Morgan fingerprint density at radius 1 is 1.20 bits per heavy atom. The summed E-state index contributed by atoms with van der Waals surface area (Å²) in [5, 5.41) is 0. The third kappa shape index (κ3) is 4.07. The van der Waals surface area contributed by atoms with Gasteiger partial charge in [0.05, 0.1) is 0 Å². The number of hydrogen-bond acceptors (Lipinski definition) is 2. The van der Waals surface area contributed by atoms with Crippen LogP contribution >= 0.6 is 0 Å². The van der Waals surface area contributed by atoms with Crippen molar-refractivity contribution in [2.45, 2.75) is 32.6 Å². The Morgan fingerprint density at radius 2 is 1.87 bits per heavy atom. The maximum absolute atomic E-state index is 11.7. The normalized spacial score (nSPS) is 13.0. The van der Waals surface area contributed by atoms with E-state index in [4.69, 9.17) is 1.37 Å². The van der Waals surface area contributed by atoms with Crippen molar-refractivity contribution in [1.82, 2.24) is 0 Å². The van der Waals surface area contributed by atoms with E-state index in [2.05, 4.69) is 0 Å². The molecule has 80 valence electrons. The minimum Gasteiger partial charge on any atom is -0.300 e. The average molecular weight is 205 g/mol. The zero-order valence-electron chi connectivity index (χ0n) is 9.90. The van der Waals surface area contributed by atoms with Gasteiger partial charge in [-0.15, -0.1) is 0 Å². The van der Waals surface area contributed by atoms with Crippen LogP contribution in [-0.4, -0.2) is 11.6 Å². The van der Waals surface area contributed by atoms with Crippen LogP contribution in [0.15, 0.2) is 30.3 Å². The van der Waals surface area contributed by atoms with Crippen molar-refractivity contribution in [3.05, 3.63) is 35.9 Å². The van der Waals surface area contributed by atoms with Crippen molar-refractivity contribution >= 4 is 11.6 Å². The van der Waals surface area contributed by atoms with E-state index in [1.807, 2.05) is 6.07 Å². The van der Waals surface area contributed by atoms with Crippen LogP contribution < -0.4 is 0 Å². The Kier molecular flexibility index (Phi) is 4.12. The van der Waals surface area contributed by atoms with Gasteiger partial charge in [-0.25, -0.2) is 0 Å². The molecule has 1 unspecified atom stereocenters. The summed E-state index contributed by atoms with van der Waals surface area (Å²) in [6, 6.07) is 8.90. The molecule has 0 N–H and O–H groups in total. The van der Waals surface area contributed by atoms with Crippen LogP contribution in [0.1, 0.15) is 44.3 Å². The number of benzene rings is 1. The molecule has 15 heavy (non-hydrogen) atoms. The Labute approximate surface area is 91.7 Å². The molecular formula is C13H16O2. The molecule has 1 aromatic carbocycles. The second-order valence-corrected chi connectivity index (χ2v) is 3.38. The lowest BCUT2D eigenvalue weighted by molar-refractivity contribution is -0.118. The topological polar surface area (TPSA) is 34.1 Å². The molecule has 0 heterocycles. The van der Waals surface area contributed by atoms with E-state index in [9.17, 15) is 9.59 Å². The summed E-state index contributed by atoms with van der Waals surface area (Å²) < 4.78 is 7.64. The van der Waals surface area contributed by atoms with E-state index in [-0.39, 0.29) is 24.4 Å². The van der Waals surface area contributed by atoms with Gasteiger partial charge < -0.3 is 0 Å². The van der Waals surface area contributed by atoms with Gasteiger partial charge in [-0.05, 0) is 6.40 Å². The number of carbonyl (C=O) groups is 2. The molecular weight excluding hydrogens is 188 g/mol. The number of carbonyl (C=O) groups excluding carboxylic acids is 2. The van der Waals surface area contributed by atoms with E-state index in [0.29, 0.717) is 12.0 Å². The molecule has 0 saturated heterocycles. The first-order valence-corrected chi connectivity index (χ1v) is 5.15. The smallest absolute Gasteiger partial charge is 0.162 e. The van der Waals surface area contributed by atoms with Crippen LogP contribution in [0.4, 0.5) is 0 Å². The summed E-state index contributed by atoms with van der Waals surface area (Å²) in [7, 11) is 0. The van der Waals surface area contributed by atoms with Crippen LogP contribution in [0.3, 0.4) is 0 Å². The Bertz CT molecular complexity index is 359. The molecule has 2 nitrogen and oxygen atoms in total. The van der Waals surface area contributed by atoms with Crippen molar-refractivity contribution in [2.24, 2.45) is 0 Å². The lowest BCUT2D eigenvalue weighted by Gasteiger charge is -1.99. The third-order valence-corrected chi connectivity index (χ3v) is 2.19. The van der Waals surface area contributed by atoms with Gasteiger partial charge in [0, 0.05) is 26.2 Å². The quantitative estimate of drug-likeness (QED) is 0.669. The summed E-state index contributed by atoms with van der Waals surface area (Å²) >= 11 is 0. The molecule has 0 saturated carbocycles. The standard InChI is InChI=1S/C13H16O2/c1-2-12(14)9-6-10-13(15)11-7-4-3-5-8-11/h3-5,7-8H,2,6,9-10H2,1H3/i6D. The summed E-state index contributed by atoms with van der Waals surface area (Å²) in [5.41, 5.74) is 0.615. The van der Waals surface area contributed by atoms with Gasteiger partial charge in [0.25, 0.3) is 0 Å². The fourth-order valence-corrected chi connectivity index (χ4v) is 1.25. The zero-order valence-corrected chi connectivity index (χ0v) is 8.90. The predicted octanol–water partition coefficient (Wildman–Crippen LogP) is 3.02. The molecule has 0 radical (unpaired) electrons. The molecule has 0 fully saturated rings. The minimum atomic E-state index is -0.611. The van der Waals surface area contributed by atoms with E-state index < -0.39 is 6.40 Å². The van der Waals surface area contributed by atoms with Gasteiger partial charge in [-0.1, -0.05) is 37.3 Å². The van der Waals surface area contributed by atoms with Crippen molar-refractivity contribution in [1.29, 1.82) is 0 Å². The Morgan fingerprint density at radius 3 is 2.47 bits per heavy atom. The van der Waals surface area contributed by atoms with Gasteiger partial charge in [0.15, 0.2) is 5.78 Å². The maximum atomic E-state index is 11.7. The first-order chi connectivity index (χ1) is 7.63. The second kappa shape index (κ2) is 6.12. The highest BCUT2D eigenvalue weighted by Crippen LogP contribution is 2.07. The molecule has 2 heteroatoms. The maximum Gasteiger partial charge on any atom is 0.162 e. The van der Waals surface area contributed by atoms with Gasteiger partial charge in [-0.3, -0.25) is 9.59 Å². The fraction of sp³-hybridized carbons (Fsp3) is 0.385. The predicted molar refractivity (Wildman–Crippen MR) is 59.9 cm³/mol. The van der Waals surface area contributed by atoms with Gasteiger partial charge in [0.1, 0.15) is 5.78 Å². The van der Waals surface area contributed by atoms with Crippen LogP contribution in [0.5, 0.6) is 0 Å². The molecule has 0 aliphatic heterocycles. The molecule has 0 spiro atoms. The lowest BCUT2D eigenvalue weighted by Crippen LogP contribution is -2.01. The highest BCUT2D eigenvalue weighted by Gasteiger charge is 2.05. The number of Topliss-reactive ketones (excluding diaryl/α,β-unsaturated/α-hetero) is 2. The van der Waals surface area contributed by atoms with E-state index in [1.165, 1.54) is 0 Å². The highest BCUT2D eigenvalue weighted by molar-refractivity contribution is 5.96. The first-order valence-electron chi connectivity index (χ1n) is 5.73. The molecule has 0 aliphatic rings. The molecule has 1 aromatic rings. The number of rotatable bonds is 6. The van der Waals surface area contributed by atoms with Crippen LogP contribution in [0.2, 0.25) is 0 Å². The molecule has 1 atom stereocenters. The highest BCUT2D eigenvalue weighted by atomic mass is 16.1. The summed E-state index contributed by atoms with van der Waals surface area (Å²) in [6.07, 6.45) is 0.125. The monoisotopic (exact) mass is 205 g/mol. The lowest BCUT2D eigenvalue weighted by atomic mass is 10.0. The van der Waals surface area contributed by atoms with Crippen LogP contribution in [0.25, 0.3) is 0 Å². The second-order valence-electron chi connectivity index (χ2n) is 3.38. The average Bonchev–Trinajstić information content (AvgIpc) is 2.29.